The maximum absolute atomic E-state index is 11.8. The molecule has 2 heterocycles. The molecule has 2 unspecified atom stereocenters. The Kier molecular flexibility index (Phi) is 3.25. The molecule has 110 valence electrons. The molecular formula is C14H21N3O2S. The van der Waals surface area contributed by atoms with Crippen LogP contribution < -0.4 is 10.2 Å². The van der Waals surface area contributed by atoms with E-state index in [1.54, 1.807) is 11.3 Å². The maximum atomic E-state index is 11.8. The molecule has 1 amide bonds. The fourth-order valence-electron chi connectivity index (χ4n) is 3.05. The molecule has 0 bridgehead atoms. The first-order valence-corrected chi connectivity index (χ1v) is 7.91. The molecule has 0 aromatic carbocycles. The van der Waals surface area contributed by atoms with Gasteiger partial charge in [-0.05, 0) is 25.2 Å². The van der Waals surface area contributed by atoms with Crippen molar-refractivity contribution in [3.05, 3.63) is 10.6 Å². The molecule has 0 saturated carbocycles. The lowest BCUT2D eigenvalue weighted by molar-refractivity contribution is -0.122. The van der Waals surface area contributed by atoms with Crippen molar-refractivity contribution >= 4 is 22.4 Å². The molecule has 1 fully saturated rings. The number of aliphatic hydroxyl groups is 1. The van der Waals surface area contributed by atoms with Crippen LogP contribution >= 0.6 is 11.3 Å². The summed E-state index contributed by atoms with van der Waals surface area (Å²) in [5.74, 6) is 0.0466. The number of carbonyl (C=O) groups excluding carboxylic acids is 1. The number of amides is 1. The van der Waals surface area contributed by atoms with Crippen LogP contribution in [0.3, 0.4) is 0 Å². The summed E-state index contributed by atoms with van der Waals surface area (Å²) in [7, 11) is 0. The van der Waals surface area contributed by atoms with Crippen LogP contribution in [0.4, 0.5) is 5.13 Å². The van der Waals surface area contributed by atoms with Crippen molar-refractivity contribution in [2.45, 2.75) is 45.8 Å². The zero-order valence-corrected chi connectivity index (χ0v) is 13.0. The summed E-state index contributed by atoms with van der Waals surface area (Å²) in [4.78, 5) is 19.5. The second-order valence-corrected chi connectivity index (χ2v) is 7.54. The Hall–Kier alpha value is -1.14. The van der Waals surface area contributed by atoms with E-state index in [1.165, 1.54) is 0 Å². The minimum atomic E-state index is -0.422. The second kappa shape index (κ2) is 4.70. The molecule has 0 radical (unpaired) electrons. The number of fused-ring (bicyclic) bond motifs is 1. The number of carbonyl (C=O) groups is 1. The molecule has 5 nitrogen and oxygen atoms in total. The molecule has 2 aliphatic rings. The number of piperazine rings is 1. The number of hydrogen-bond acceptors (Lipinski definition) is 5. The number of thiazole rings is 1. The third-order valence-electron chi connectivity index (χ3n) is 4.16. The lowest BCUT2D eigenvalue weighted by Crippen LogP contribution is -2.54. The lowest BCUT2D eigenvalue weighted by Gasteiger charge is -2.32. The van der Waals surface area contributed by atoms with E-state index in [4.69, 9.17) is 4.98 Å². The highest BCUT2D eigenvalue weighted by Gasteiger charge is 2.36. The van der Waals surface area contributed by atoms with Gasteiger partial charge < -0.3 is 15.3 Å². The molecule has 2 atom stereocenters. The Bertz CT molecular complexity index is 541. The van der Waals surface area contributed by atoms with Gasteiger partial charge in [0, 0.05) is 13.1 Å². The summed E-state index contributed by atoms with van der Waals surface area (Å²) in [5, 5.41) is 14.0. The molecule has 1 aliphatic carbocycles. The summed E-state index contributed by atoms with van der Waals surface area (Å²) >= 11 is 1.54. The average Bonchev–Trinajstić information content (AvgIpc) is 2.75. The SMILES string of the molecule is CC1C(=O)NCCN1c1nc2c(s1)C(O)CC(C)(C)C2. The molecule has 2 N–H and O–H groups in total. The van der Waals surface area contributed by atoms with Crippen LogP contribution in [-0.2, 0) is 11.2 Å². The molecule has 1 saturated heterocycles. The molecule has 0 spiro atoms. The summed E-state index contributed by atoms with van der Waals surface area (Å²) < 4.78 is 0. The van der Waals surface area contributed by atoms with E-state index in [-0.39, 0.29) is 17.4 Å². The standard InChI is InChI=1S/C14H21N3O2S/c1-8-12(19)15-4-5-17(8)13-16-9-6-14(2,3)7-10(18)11(9)20-13/h8,10,18H,4-7H2,1-3H3,(H,15,19). The Balaban J connectivity index is 1.92. The van der Waals surface area contributed by atoms with Crippen LogP contribution in [0.25, 0.3) is 0 Å². The van der Waals surface area contributed by atoms with Crippen LogP contribution in [0.5, 0.6) is 0 Å². The van der Waals surface area contributed by atoms with Crippen LogP contribution in [0.1, 0.15) is 43.9 Å². The zero-order valence-electron chi connectivity index (χ0n) is 12.1. The molecule has 20 heavy (non-hydrogen) atoms. The Morgan fingerprint density at radius 2 is 2.25 bits per heavy atom. The van der Waals surface area contributed by atoms with Crippen LogP contribution in [0.2, 0.25) is 0 Å². The van der Waals surface area contributed by atoms with Crippen molar-refractivity contribution in [3.8, 4) is 0 Å². The fourth-order valence-corrected chi connectivity index (χ4v) is 4.22. The predicted octanol–water partition coefficient (Wildman–Crippen LogP) is 1.47. The van der Waals surface area contributed by atoms with Crippen molar-refractivity contribution in [3.63, 3.8) is 0 Å². The molecule has 3 rings (SSSR count). The van der Waals surface area contributed by atoms with Gasteiger partial charge in [-0.3, -0.25) is 4.79 Å². The number of nitrogens with zero attached hydrogens (tertiary/aromatic N) is 2. The quantitative estimate of drug-likeness (QED) is 0.823. The topological polar surface area (TPSA) is 65.5 Å². The summed E-state index contributed by atoms with van der Waals surface area (Å²) in [6.45, 7) is 7.65. The van der Waals surface area contributed by atoms with Gasteiger partial charge in [-0.15, -0.1) is 0 Å². The minimum Gasteiger partial charge on any atom is -0.387 e. The third kappa shape index (κ3) is 2.31. The maximum Gasteiger partial charge on any atom is 0.242 e. The van der Waals surface area contributed by atoms with Crippen molar-refractivity contribution in [2.24, 2.45) is 5.41 Å². The minimum absolute atomic E-state index is 0.0466. The molecule has 1 aromatic rings. The highest BCUT2D eigenvalue weighted by Crippen LogP contribution is 2.44. The monoisotopic (exact) mass is 295 g/mol. The smallest absolute Gasteiger partial charge is 0.242 e. The van der Waals surface area contributed by atoms with Gasteiger partial charge in [-0.2, -0.15) is 0 Å². The molecular weight excluding hydrogens is 274 g/mol. The van der Waals surface area contributed by atoms with Crippen molar-refractivity contribution in [1.82, 2.24) is 10.3 Å². The Morgan fingerprint density at radius 3 is 3.00 bits per heavy atom. The number of hydrogen-bond donors (Lipinski definition) is 2. The molecule has 1 aliphatic heterocycles. The van der Waals surface area contributed by atoms with E-state index in [0.29, 0.717) is 6.54 Å². The van der Waals surface area contributed by atoms with Crippen molar-refractivity contribution < 1.29 is 9.90 Å². The van der Waals surface area contributed by atoms with E-state index in [2.05, 4.69) is 19.2 Å². The highest BCUT2D eigenvalue weighted by molar-refractivity contribution is 7.15. The number of rotatable bonds is 1. The van der Waals surface area contributed by atoms with Crippen LogP contribution in [0.15, 0.2) is 0 Å². The van der Waals surface area contributed by atoms with Gasteiger partial charge in [-0.1, -0.05) is 25.2 Å². The summed E-state index contributed by atoms with van der Waals surface area (Å²) in [6.07, 6.45) is 1.25. The molecule has 1 aromatic heterocycles. The van der Waals surface area contributed by atoms with E-state index < -0.39 is 6.10 Å². The van der Waals surface area contributed by atoms with E-state index in [0.717, 1.165) is 35.1 Å². The lowest BCUT2D eigenvalue weighted by atomic mass is 9.77. The Labute approximate surface area is 123 Å². The largest absolute Gasteiger partial charge is 0.387 e. The first-order chi connectivity index (χ1) is 9.37. The van der Waals surface area contributed by atoms with Gasteiger partial charge in [0.2, 0.25) is 5.91 Å². The van der Waals surface area contributed by atoms with Gasteiger partial charge in [-0.25, -0.2) is 4.98 Å². The number of nitrogens with one attached hydrogen (secondary N) is 1. The van der Waals surface area contributed by atoms with E-state index in [1.807, 2.05) is 11.8 Å². The van der Waals surface area contributed by atoms with E-state index >= 15 is 0 Å². The normalized spacial score (nSPS) is 29.0. The first kappa shape index (κ1) is 13.8. The Morgan fingerprint density at radius 1 is 1.50 bits per heavy atom. The van der Waals surface area contributed by atoms with Crippen molar-refractivity contribution in [2.75, 3.05) is 18.0 Å². The van der Waals surface area contributed by atoms with Gasteiger partial charge >= 0.3 is 0 Å². The van der Waals surface area contributed by atoms with Crippen LogP contribution in [0, 0.1) is 5.41 Å². The summed E-state index contributed by atoms with van der Waals surface area (Å²) in [5.41, 5.74) is 1.09. The van der Waals surface area contributed by atoms with Crippen LogP contribution in [-0.4, -0.2) is 35.1 Å². The number of aromatic nitrogens is 1. The average molecular weight is 295 g/mol. The highest BCUT2D eigenvalue weighted by atomic mass is 32.1. The number of aliphatic hydroxyl groups excluding tert-OH is 1. The van der Waals surface area contributed by atoms with Gasteiger partial charge in [0.25, 0.3) is 0 Å². The van der Waals surface area contributed by atoms with Gasteiger partial charge in [0.05, 0.1) is 16.7 Å². The fraction of sp³-hybridized carbons (Fsp3) is 0.714. The summed E-state index contributed by atoms with van der Waals surface area (Å²) in [6, 6.07) is -0.193. The zero-order chi connectivity index (χ0) is 14.5. The van der Waals surface area contributed by atoms with Crippen molar-refractivity contribution in [1.29, 1.82) is 0 Å². The van der Waals surface area contributed by atoms with Gasteiger partial charge in [0.1, 0.15) is 6.04 Å². The molecule has 6 heteroatoms. The first-order valence-electron chi connectivity index (χ1n) is 7.09. The third-order valence-corrected chi connectivity index (χ3v) is 5.39. The van der Waals surface area contributed by atoms with E-state index in [9.17, 15) is 9.90 Å². The van der Waals surface area contributed by atoms with Gasteiger partial charge in [0.15, 0.2) is 5.13 Å². The number of anilines is 1. The predicted molar refractivity (Wildman–Crippen MR) is 79.0 cm³/mol. The second-order valence-electron chi connectivity index (χ2n) is 6.53.